The summed E-state index contributed by atoms with van der Waals surface area (Å²) in [5.74, 6) is -0.522. The standard InChI is InChI=1S/C10H9F3N2O2/c11-10(12,13)6-1-3-14-8(5-6)17-7-2-4-15-9(7)16/h1,3,5,7H,2,4H2,(H,15,16). The topological polar surface area (TPSA) is 51.2 Å². The van der Waals surface area contributed by atoms with Gasteiger partial charge in [0.2, 0.25) is 5.88 Å². The monoisotopic (exact) mass is 246 g/mol. The molecule has 1 saturated heterocycles. The Balaban J connectivity index is 2.14. The fraction of sp³-hybridized carbons (Fsp3) is 0.400. The number of aromatic nitrogens is 1. The summed E-state index contributed by atoms with van der Waals surface area (Å²) < 4.78 is 42.3. The van der Waals surface area contributed by atoms with Gasteiger partial charge in [-0.3, -0.25) is 4.79 Å². The van der Waals surface area contributed by atoms with E-state index in [1.807, 2.05) is 0 Å². The van der Waals surface area contributed by atoms with Crippen molar-refractivity contribution in [2.45, 2.75) is 18.7 Å². The number of halogens is 3. The quantitative estimate of drug-likeness (QED) is 0.857. The number of pyridine rings is 1. The maximum atomic E-state index is 12.4. The van der Waals surface area contributed by atoms with Crippen molar-refractivity contribution in [1.82, 2.24) is 10.3 Å². The first-order chi connectivity index (χ1) is 7.97. The van der Waals surface area contributed by atoms with Crippen molar-refractivity contribution in [2.75, 3.05) is 6.54 Å². The minimum absolute atomic E-state index is 0.193. The molecule has 0 radical (unpaired) electrons. The summed E-state index contributed by atoms with van der Waals surface area (Å²) >= 11 is 0. The van der Waals surface area contributed by atoms with E-state index < -0.39 is 17.8 Å². The lowest BCUT2D eigenvalue weighted by Crippen LogP contribution is -2.28. The number of nitrogens with zero attached hydrogens (tertiary/aromatic N) is 1. The number of carbonyl (C=O) groups excluding carboxylic acids is 1. The van der Waals surface area contributed by atoms with Crippen molar-refractivity contribution < 1.29 is 22.7 Å². The van der Waals surface area contributed by atoms with E-state index in [0.29, 0.717) is 13.0 Å². The second-order valence-corrected chi connectivity index (χ2v) is 3.57. The van der Waals surface area contributed by atoms with E-state index >= 15 is 0 Å². The molecule has 0 spiro atoms. The highest BCUT2D eigenvalue weighted by molar-refractivity contribution is 5.83. The van der Waals surface area contributed by atoms with E-state index in [1.54, 1.807) is 0 Å². The van der Waals surface area contributed by atoms with Crippen LogP contribution in [0.4, 0.5) is 13.2 Å². The molecule has 0 aromatic carbocycles. The van der Waals surface area contributed by atoms with Crippen LogP contribution >= 0.6 is 0 Å². The SMILES string of the molecule is O=C1NCCC1Oc1cc(C(F)(F)F)ccn1. The van der Waals surface area contributed by atoms with Gasteiger partial charge >= 0.3 is 6.18 Å². The van der Waals surface area contributed by atoms with Crippen LogP contribution in [0.2, 0.25) is 0 Å². The minimum Gasteiger partial charge on any atom is -0.464 e. The van der Waals surface area contributed by atoms with E-state index in [-0.39, 0.29) is 11.8 Å². The predicted molar refractivity (Wildman–Crippen MR) is 51.3 cm³/mol. The summed E-state index contributed by atoms with van der Waals surface area (Å²) in [5.41, 5.74) is -0.846. The zero-order chi connectivity index (χ0) is 12.5. The zero-order valence-electron chi connectivity index (χ0n) is 8.62. The molecule has 17 heavy (non-hydrogen) atoms. The van der Waals surface area contributed by atoms with Gasteiger partial charge in [0.25, 0.3) is 5.91 Å². The molecule has 1 amide bonds. The Morgan fingerprint density at radius 1 is 1.47 bits per heavy atom. The Labute approximate surface area is 94.8 Å². The van der Waals surface area contributed by atoms with Crippen LogP contribution in [0, 0.1) is 0 Å². The average molecular weight is 246 g/mol. The molecule has 7 heteroatoms. The van der Waals surface area contributed by atoms with Gasteiger partial charge in [-0.25, -0.2) is 4.98 Å². The molecule has 92 valence electrons. The lowest BCUT2D eigenvalue weighted by atomic mass is 10.2. The van der Waals surface area contributed by atoms with E-state index in [1.165, 1.54) is 0 Å². The molecule has 0 aliphatic carbocycles. The lowest BCUT2D eigenvalue weighted by molar-refractivity contribution is -0.137. The molecule has 0 saturated carbocycles. The fourth-order valence-corrected chi connectivity index (χ4v) is 1.48. The molecular formula is C10H9F3N2O2. The van der Waals surface area contributed by atoms with Crippen LogP contribution in [-0.2, 0) is 11.0 Å². The number of hydrogen-bond donors (Lipinski definition) is 1. The summed E-state index contributed by atoms with van der Waals surface area (Å²) in [6.45, 7) is 0.461. The first-order valence-electron chi connectivity index (χ1n) is 4.94. The molecule has 1 N–H and O–H groups in total. The molecule has 1 atom stereocenters. The smallest absolute Gasteiger partial charge is 0.416 e. The highest BCUT2D eigenvalue weighted by Crippen LogP contribution is 2.30. The highest BCUT2D eigenvalue weighted by Gasteiger charge is 2.32. The summed E-state index contributed by atoms with van der Waals surface area (Å²) in [7, 11) is 0. The average Bonchev–Trinajstić information content (AvgIpc) is 2.64. The fourth-order valence-electron chi connectivity index (χ4n) is 1.48. The first-order valence-corrected chi connectivity index (χ1v) is 4.94. The van der Waals surface area contributed by atoms with Crippen LogP contribution in [0.15, 0.2) is 18.3 Å². The second-order valence-electron chi connectivity index (χ2n) is 3.57. The molecule has 1 aliphatic heterocycles. The Morgan fingerprint density at radius 2 is 2.24 bits per heavy atom. The van der Waals surface area contributed by atoms with Gasteiger partial charge in [-0.2, -0.15) is 13.2 Å². The first kappa shape index (κ1) is 11.7. The van der Waals surface area contributed by atoms with Crippen molar-refractivity contribution in [1.29, 1.82) is 0 Å². The molecule has 2 heterocycles. The number of nitrogens with one attached hydrogen (secondary N) is 1. The number of carbonyl (C=O) groups is 1. The number of ether oxygens (including phenoxy) is 1. The van der Waals surface area contributed by atoms with Crippen molar-refractivity contribution in [3.8, 4) is 5.88 Å². The van der Waals surface area contributed by atoms with Gasteiger partial charge in [0.05, 0.1) is 5.56 Å². The van der Waals surface area contributed by atoms with Gasteiger partial charge in [0.1, 0.15) is 0 Å². The van der Waals surface area contributed by atoms with Gasteiger partial charge < -0.3 is 10.1 Å². The third-order valence-electron chi connectivity index (χ3n) is 2.32. The maximum Gasteiger partial charge on any atom is 0.416 e. The molecule has 1 fully saturated rings. The van der Waals surface area contributed by atoms with Gasteiger partial charge in [0.15, 0.2) is 6.10 Å². The van der Waals surface area contributed by atoms with E-state index in [9.17, 15) is 18.0 Å². The van der Waals surface area contributed by atoms with Crippen molar-refractivity contribution in [2.24, 2.45) is 0 Å². The molecule has 2 rings (SSSR count). The largest absolute Gasteiger partial charge is 0.464 e. The molecule has 1 aromatic heterocycles. The third-order valence-corrected chi connectivity index (χ3v) is 2.32. The van der Waals surface area contributed by atoms with Crippen molar-refractivity contribution >= 4 is 5.91 Å². The Morgan fingerprint density at radius 3 is 2.82 bits per heavy atom. The van der Waals surface area contributed by atoms with Crippen LogP contribution in [0.3, 0.4) is 0 Å². The van der Waals surface area contributed by atoms with Crippen molar-refractivity contribution in [3.63, 3.8) is 0 Å². The van der Waals surface area contributed by atoms with Gasteiger partial charge in [-0.1, -0.05) is 0 Å². The van der Waals surface area contributed by atoms with Gasteiger partial charge in [0, 0.05) is 25.2 Å². The van der Waals surface area contributed by atoms with Crippen LogP contribution in [0.5, 0.6) is 5.88 Å². The van der Waals surface area contributed by atoms with Crippen LogP contribution in [0.25, 0.3) is 0 Å². The molecule has 0 bridgehead atoms. The van der Waals surface area contributed by atoms with Crippen LogP contribution < -0.4 is 10.1 Å². The second kappa shape index (κ2) is 4.23. The van der Waals surface area contributed by atoms with E-state index in [0.717, 1.165) is 18.3 Å². The van der Waals surface area contributed by atoms with Crippen LogP contribution in [0.1, 0.15) is 12.0 Å². The summed E-state index contributed by atoms with van der Waals surface area (Å²) in [6.07, 6.45) is -3.77. The summed E-state index contributed by atoms with van der Waals surface area (Å²) in [5, 5.41) is 2.52. The van der Waals surface area contributed by atoms with E-state index in [2.05, 4.69) is 10.3 Å². The lowest BCUT2D eigenvalue weighted by Gasteiger charge is -2.12. The number of amides is 1. The molecule has 4 nitrogen and oxygen atoms in total. The normalized spacial score (nSPS) is 20.2. The molecular weight excluding hydrogens is 237 g/mol. The van der Waals surface area contributed by atoms with Gasteiger partial charge in [-0.15, -0.1) is 0 Å². The molecule has 1 aromatic rings. The van der Waals surface area contributed by atoms with Crippen molar-refractivity contribution in [3.05, 3.63) is 23.9 Å². The number of alkyl halides is 3. The van der Waals surface area contributed by atoms with Crippen LogP contribution in [-0.4, -0.2) is 23.5 Å². The zero-order valence-corrected chi connectivity index (χ0v) is 8.62. The summed E-state index contributed by atoms with van der Waals surface area (Å²) in [4.78, 5) is 14.8. The third kappa shape index (κ3) is 2.66. The molecule has 1 aliphatic rings. The number of hydrogen-bond acceptors (Lipinski definition) is 3. The Hall–Kier alpha value is -1.79. The Kier molecular flexibility index (Phi) is 2.91. The van der Waals surface area contributed by atoms with E-state index in [4.69, 9.17) is 4.74 Å². The molecule has 1 unspecified atom stereocenters. The minimum atomic E-state index is -4.45. The Bertz CT molecular complexity index is 434. The highest BCUT2D eigenvalue weighted by atomic mass is 19.4. The predicted octanol–water partition coefficient (Wildman–Crippen LogP) is 1.37. The maximum absolute atomic E-state index is 12.4. The number of rotatable bonds is 2. The summed E-state index contributed by atoms with van der Waals surface area (Å²) in [6, 6.07) is 1.63. The van der Waals surface area contributed by atoms with Gasteiger partial charge in [-0.05, 0) is 6.07 Å².